The number of hydrogen-bond donors (Lipinski definition) is 0. The molecule has 0 N–H and O–H groups in total. The number of aromatic nitrogens is 1. The lowest BCUT2D eigenvalue weighted by atomic mass is 10.3. The summed E-state index contributed by atoms with van der Waals surface area (Å²) in [5.74, 6) is -0.341. The molecule has 12 heavy (non-hydrogen) atoms. The number of fused-ring (bicyclic) bond motifs is 1. The van der Waals surface area contributed by atoms with Crippen LogP contribution >= 0.6 is 0 Å². The van der Waals surface area contributed by atoms with E-state index in [1.165, 1.54) is 4.57 Å². The maximum Gasteiger partial charge on any atom is 0.419 e. The van der Waals surface area contributed by atoms with Gasteiger partial charge in [0.15, 0.2) is 5.58 Å². The van der Waals surface area contributed by atoms with Crippen LogP contribution in [0.2, 0.25) is 0 Å². The van der Waals surface area contributed by atoms with Gasteiger partial charge >= 0.3 is 5.76 Å². The smallest absolute Gasteiger partial charge is 0.408 e. The molecule has 0 bridgehead atoms. The van der Waals surface area contributed by atoms with Crippen LogP contribution in [0.5, 0.6) is 0 Å². The van der Waals surface area contributed by atoms with Crippen LogP contribution in [-0.4, -0.2) is 4.57 Å². The van der Waals surface area contributed by atoms with Crippen LogP contribution in [0.25, 0.3) is 11.1 Å². The van der Waals surface area contributed by atoms with Crippen molar-refractivity contribution in [1.29, 1.82) is 0 Å². The quantitative estimate of drug-likeness (QED) is 0.635. The van der Waals surface area contributed by atoms with Gasteiger partial charge in [0, 0.05) is 6.54 Å². The maximum absolute atomic E-state index is 11.1. The maximum atomic E-state index is 11.1. The number of hydrogen-bond acceptors (Lipinski definition) is 2. The lowest BCUT2D eigenvalue weighted by molar-refractivity contribution is 0.519. The molecule has 3 nitrogen and oxygen atoms in total. The normalized spacial score (nSPS) is 10.8. The second-order valence-corrected chi connectivity index (χ2v) is 2.49. The SMILES string of the molecule is [CH2]Cn1c(=O)oc2ccccc21. The minimum Gasteiger partial charge on any atom is -0.408 e. The standard InChI is InChI=1S/C9H8NO2/c1-2-10-7-5-3-4-6-8(7)12-9(10)11/h3-6H,1-2H2. The van der Waals surface area contributed by atoms with Gasteiger partial charge in [-0.1, -0.05) is 12.1 Å². The van der Waals surface area contributed by atoms with E-state index in [2.05, 4.69) is 6.92 Å². The van der Waals surface area contributed by atoms with E-state index in [1.54, 1.807) is 6.07 Å². The number of para-hydroxylation sites is 2. The molecule has 0 amide bonds. The molecule has 2 rings (SSSR count). The summed E-state index contributed by atoms with van der Waals surface area (Å²) in [4.78, 5) is 11.1. The summed E-state index contributed by atoms with van der Waals surface area (Å²) in [6.07, 6.45) is 0. The summed E-state index contributed by atoms with van der Waals surface area (Å²) in [6.45, 7) is 4.04. The Kier molecular flexibility index (Phi) is 1.50. The van der Waals surface area contributed by atoms with Gasteiger partial charge in [-0.2, -0.15) is 0 Å². The predicted molar refractivity (Wildman–Crippen MR) is 45.8 cm³/mol. The van der Waals surface area contributed by atoms with Crippen LogP contribution in [0.4, 0.5) is 0 Å². The number of nitrogens with zero attached hydrogens (tertiary/aromatic N) is 1. The van der Waals surface area contributed by atoms with Gasteiger partial charge in [-0.3, -0.25) is 4.57 Å². The first-order valence-electron chi connectivity index (χ1n) is 3.70. The fourth-order valence-electron chi connectivity index (χ4n) is 1.23. The van der Waals surface area contributed by atoms with Crippen molar-refractivity contribution in [3.8, 4) is 0 Å². The molecule has 0 saturated heterocycles. The van der Waals surface area contributed by atoms with Crippen molar-refractivity contribution in [2.24, 2.45) is 0 Å². The van der Waals surface area contributed by atoms with Gasteiger partial charge in [0.05, 0.1) is 5.52 Å². The molecule has 61 valence electrons. The van der Waals surface area contributed by atoms with Crippen molar-refractivity contribution < 1.29 is 4.42 Å². The van der Waals surface area contributed by atoms with Crippen molar-refractivity contribution in [1.82, 2.24) is 4.57 Å². The second kappa shape index (κ2) is 2.52. The van der Waals surface area contributed by atoms with E-state index in [0.29, 0.717) is 12.1 Å². The van der Waals surface area contributed by atoms with Crippen LogP contribution in [-0.2, 0) is 6.54 Å². The van der Waals surface area contributed by atoms with E-state index < -0.39 is 0 Å². The molecular formula is C9H8NO2. The Morgan fingerprint density at radius 1 is 1.42 bits per heavy atom. The molecule has 0 saturated carbocycles. The third kappa shape index (κ3) is 0.863. The highest BCUT2D eigenvalue weighted by Gasteiger charge is 2.04. The first kappa shape index (κ1) is 7.16. The van der Waals surface area contributed by atoms with Gasteiger partial charge in [0.25, 0.3) is 0 Å². The third-order valence-electron chi connectivity index (χ3n) is 1.80. The minimum absolute atomic E-state index is 0.341. The summed E-state index contributed by atoms with van der Waals surface area (Å²) in [6, 6.07) is 7.30. The van der Waals surface area contributed by atoms with E-state index >= 15 is 0 Å². The predicted octanol–water partition coefficient (Wildman–Crippen LogP) is 1.43. The zero-order valence-electron chi connectivity index (χ0n) is 6.49. The van der Waals surface area contributed by atoms with E-state index in [0.717, 1.165) is 5.52 Å². The molecule has 0 fully saturated rings. The topological polar surface area (TPSA) is 35.1 Å². The van der Waals surface area contributed by atoms with E-state index in [-0.39, 0.29) is 5.76 Å². The van der Waals surface area contributed by atoms with Gasteiger partial charge in [-0.05, 0) is 19.1 Å². The lowest BCUT2D eigenvalue weighted by Gasteiger charge is -1.92. The summed E-state index contributed by atoms with van der Waals surface area (Å²) >= 11 is 0. The van der Waals surface area contributed by atoms with Crippen molar-refractivity contribution in [3.63, 3.8) is 0 Å². The minimum atomic E-state index is -0.341. The van der Waals surface area contributed by atoms with Crippen molar-refractivity contribution >= 4 is 11.1 Å². The van der Waals surface area contributed by atoms with Crippen LogP contribution < -0.4 is 5.76 Å². The molecule has 2 aromatic rings. The zero-order chi connectivity index (χ0) is 8.55. The van der Waals surface area contributed by atoms with Crippen molar-refractivity contribution in [2.45, 2.75) is 6.54 Å². The fourth-order valence-corrected chi connectivity index (χ4v) is 1.23. The molecule has 1 aromatic carbocycles. The fraction of sp³-hybridized carbons (Fsp3) is 0.111. The molecule has 0 spiro atoms. The molecule has 0 unspecified atom stereocenters. The summed E-state index contributed by atoms with van der Waals surface area (Å²) in [5, 5.41) is 0. The Morgan fingerprint density at radius 3 is 2.92 bits per heavy atom. The Balaban J connectivity index is 2.91. The average molecular weight is 162 g/mol. The van der Waals surface area contributed by atoms with E-state index in [9.17, 15) is 4.79 Å². The average Bonchev–Trinajstić information content (AvgIpc) is 2.40. The zero-order valence-corrected chi connectivity index (χ0v) is 6.49. The first-order chi connectivity index (χ1) is 5.83. The number of oxazole rings is 1. The van der Waals surface area contributed by atoms with Crippen molar-refractivity contribution in [3.05, 3.63) is 41.7 Å². The van der Waals surface area contributed by atoms with E-state index in [1.807, 2.05) is 18.2 Å². The first-order valence-corrected chi connectivity index (χ1v) is 3.70. The Bertz CT molecular complexity index is 453. The van der Waals surface area contributed by atoms with Crippen LogP contribution in [0.1, 0.15) is 0 Å². The largest absolute Gasteiger partial charge is 0.419 e. The Hall–Kier alpha value is -1.51. The molecule has 3 heteroatoms. The summed E-state index contributed by atoms with van der Waals surface area (Å²) < 4.78 is 6.45. The van der Waals surface area contributed by atoms with Gasteiger partial charge in [0.2, 0.25) is 0 Å². The summed E-state index contributed by atoms with van der Waals surface area (Å²) in [5.41, 5.74) is 1.42. The van der Waals surface area contributed by atoms with Crippen molar-refractivity contribution in [2.75, 3.05) is 0 Å². The molecule has 0 aliphatic rings. The number of benzene rings is 1. The van der Waals surface area contributed by atoms with Crippen LogP contribution in [0.3, 0.4) is 0 Å². The molecule has 0 aliphatic heterocycles. The Morgan fingerprint density at radius 2 is 2.17 bits per heavy atom. The molecule has 1 aromatic heterocycles. The van der Waals surface area contributed by atoms with Gasteiger partial charge < -0.3 is 4.42 Å². The van der Waals surface area contributed by atoms with Gasteiger partial charge in [-0.25, -0.2) is 4.79 Å². The Labute approximate surface area is 69.2 Å². The summed E-state index contributed by atoms with van der Waals surface area (Å²) in [7, 11) is 0. The highest BCUT2D eigenvalue weighted by atomic mass is 16.4. The second-order valence-electron chi connectivity index (χ2n) is 2.49. The van der Waals surface area contributed by atoms with Crippen LogP contribution in [0.15, 0.2) is 33.5 Å². The monoisotopic (exact) mass is 162 g/mol. The number of rotatable bonds is 1. The highest BCUT2D eigenvalue weighted by Crippen LogP contribution is 2.10. The van der Waals surface area contributed by atoms with Gasteiger partial charge in [0.1, 0.15) is 0 Å². The highest BCUT2D eigenvalue weighted by molar-refractivity contribution is 5.72. The third-order valence-corrected chi connectivity index (χ3v) is 1.80. The molecular weight excluding hydrogens is 154 g/mol. The lowest BCUT2D eigenvalue weighted by Crippen LogP contribution is -2.12. The van der Waals surface area contributed by atoms with Crippen LogP contribution in [0, 0.1) is 6.92 Å². The molecule has 1 radical (unpaired) electrons. The molecule has 0 aliphatic carbocycles. The molecule has 0 atom stereocenters. The molecule has 1 heterocycles. The van der Waals surface area contributed by atoms with E-state index in [4.69, 9.17) is 4.42 Å². The van der Waals surface area contributed by atoms with Gasteiger partial charge in [-0.15, -0.1) is 0 Å².